The summed E-state index contributed by atoms with van der Waals surface area (Å²) >= 11 is 1.97. The first kappa shape index (κ1) is 16.3. The van der Waals surface area contributed by atoms with Crippen molar-refractivity contribution >= 4 is 11.8 Å². The van der Waals surface area contributed by atoms with E-state index in [-0.39, 0.29) is 0 Å². The molecular weight excluding hydrogens is 250 g/mol. The average molecular weight is 277 g/mol. The average Bonchev–Trinajstić information content (AvgIpc) is 2.39. The van der Waals surface area contributed by atoms with Gasteiger partial charge in [0.1, 0.15) is 0 Å². The molecule has 0 heterocycles. The molecule has 0 amide bonds. The Morgan fingerprint density at radius 1 is 1.37 bits per heavy atom. The molecule has 1 atom stereocenters. The minimum atomic E-state index is 0.584. The smallest absolute Gasteiger partial charge is 0.0164 e. The molecule has 1 aromatic rings. The Morgan fingerprint density at radius 2 is 2.11 bits per heavy atom. The lowest BCUT2D eigenvalue weighted by Crippen LogP contribution is -2.32. The van der Waals surface area contributed by atoms with Gasteiger partial charge < -0.3 is 5.32 Å². The van der Waals surface area contributed by atoms with Crippen molar-refractivity contribution in [1.82, 2.24) is 5.32 Å². The van der Waals surface area contributed by atoms with Gasteiger partial charge in [-0.1, -0.05) is 30.7 Å². The summed E-state index contributed by atoms with van der Waals surface area (Å²) in [4.78, 5) is 1.40. The van der Waals surface area contributed by atoms with Crippen LogP contribution in [0.5, 0.6) is 0 Å². The molecule has 19 heavy (non-hydrogen) atoms. The summed E-state index contributed by atoms with van der Waals surface area (Å²) in [6, 6.07) is 9.21. The SMILES string of the molecule is C=C(C)CCC(CSc1ccccc1C)NCCC. The van der Waals surface area contributed by atoms with E-state index in [2.05, 4.69) is 56.9 Å². The van der Waals surface area contributed by atoms with Crippen LogP contribution in [0.2, 0.25) is 0 Å². The lowest BCUT2D eigenvalue weighted by Gasteiger charge is -2.18. The molecule has 0 aromatic heterocycles. The molecule has 1 rings (SSSR count). The van der Waals surface area contributed by atoms with Crippen LogP contribution in [0.1, 0.15) is 38.7 Å². The maximum Gasteiger partial charge on any atom is 0.0164 e. The Morgan fingerprint density at radius 3 is 2.74 bits per heavy atom. The first-order chi connectivity index (χ1) is 9.13. The van der Waals surface area contributed by atoms with Gasteiger partial charge in [0.25, 0.3) is 0 Å². The van der Waals surface area contributed by atoms with Crippen LogP contribution in [0, 0.1) is 6.92 Å². The van der Waals surface area contributed by atoms with Crippen molar-refractivity contribution in [3.63, 3.8) is 0 Å². The Kier molecular flexibility index (Phi) is 7.92. The van der Waals surface area contributed by atoms with E-state index in [1.165, 1.54) is 28.9 Å². The van der Waals surface area contributed by atoms with Gasteiger partial charge in [0.2, 0.25) is 0 Å². The predicted molar refractivity (Wildman–Crippen MR) is 88.0 cm³/mol. The van der Waals surface area contributed by atoms with Crippen molar-refractivity contribution in [2.24, 2.45) is 0 Å². The number of thioether (sulfide) groups is 1. The second kappa shape index (κ2) is 9.22. The molecule has 0 radical (unpaired) electrons. The number of hydrogen-bond donors (Lipinski definition) is 1. The number of benzene rings is 1. The summed E-state index contributed by atoms with van der Waals surface area (Å²) in [6.45, 7) is 11.6. The number of nitrogens with one attached hydrogen (secondary N) is 1. The number of rotatable bonds is 9. The lowest BCUT2D eigenvalue weighted by atomic mass is 10.1. The third kappa shape index (κ3) is 6.84. The maximum absolute atomic E-state index is 4.01. The van der Waals surface area contributed by atoms with E-state index < -0.39 is 0 Å². The molecule has 0 aliphatic heterocycles. The van der Waals surface area contributed by atoms with Crippen LogP contribution in [0.4, 0.5) is 0 Å². The van der Waals surface area contributed by atoms with Crippen molar-refractivity contribution in [3.8, 4) is 0 Å². The van der Waals surface area contributed by atoms with E-state index in [1.54, 1.807) is 0 Å². The van der Waals surface area contributed by atoms with Gasteiger partial charge in [0.05, 0.1) is 0 Å². The normalized spacial score (nSPS) is 12.4. The minimum Gasteiger partial charge on any atom is -0.313 e. The van der Waals surface area contributed by atoms with E-state index in [0.29, 0.717) is 6.04 Å². The van der Waals surface area contributed by atoms with Gasteiger partial charge >= 0.3 is 0 Å². The Hall–Kier alpha value is -0.730. The van der Waals surface area contributed by atoms with Crippen molar-refractivity contribution in [1.29, 1.82) is 0 Å². The molecule has 0 bridgehead atoms. The third-order valence-corrected chi connectivity index (χ3v) is 4.47. The van der Waals surface area contributed by atoms with Crippen molar-refractivity contribution in [2.45, 2.75) is 51.0 Å². The quantitative estimate of drug-likeness (QED) is 0.513. The number of allylic oxidation sites excluding steroid dienone is 1. The molecule has 1 aromatic carbocycles. The van der Waals surface area contributed by atoms with E-state index in [9.17, 15) is 0 Å². The summed E-state index contributed by atoms with van der Waals surface area (Å²) in [6.07, 6.45) is 3.50. The van der Waals surface area contributed by atoms with Crippen molar-refractivity contribution in [3.05, 3.63) is 42.0 Å². The highest BCUT2D eigenvalue weighted by Crippen LogP contribution is 2.23. The zero-order valence-corrected chi connectivity index (χ0v) is 13.4. The zero-order valence-electron chi connectivity index (χ0n) is 12.5. The van der Waals surface area contributed by atoms with Gasteiger partial charge in [-0.05, 0) is 51.3 Å². The molecule has 2 heteroatoms. The van der Waals surface area contributed by atoms with Crippen LogP contribution < -0.4 is 5.32 Å². The molecule has 1 nitrogen and oxygen atoms in total. The highest BCUT2D eigenvalue weighted by atomic mass is 32.2. The highest BCUT2D eigenvalue weighted by molar-refractivity contribution is 7.99. The predicted octanol–water partition coefficient (Wildman–Crippen LogP) is 4.81. The Balaban J connectivity index is 2.47. The highest BCUT2D eigenvalue weighted by Gasteiger charge is 2.09. The monoisotopic (exact) mass is 277 g/mol. The first-order valence-electron chi connectivity index (χ1n) is 7.19. The summed E-state index contributed by atoms with van der Waals surface area (Å²) in [7, 11) is 0. The molecule has 1 unspecified atom stereocenters. The Bertz CT molecular complexity index is 387. The molecule has 1 N–H and O–H groups in total. The van der Waals surface area contributed by atoms with Gasteiger partial charge in [0, 0.05) is 16.7 Å². The summed E-state index contributed by atoms with van der Waals surface area (Å²) < 4.78 is 0. The molecule has 0 aliphatic rings. The van der Waals surface area contributed by atoms with Gasteiger partial charge in [0.15, 0.2) is 0 Å². The largest absolute Gasteiger partial charge is 0.313 e. The van der Waals surface area contributed by atoms with Crippen LogP contribution in [0.3, 0.4) is 0 Å². The molecule has 0 spiro atoms. The maximum atomic E-state index is 4.01. The van der Waals surface area contributed by atoms with Gasteiger partial charge in [-0.2, -0.15) is 0 Å². The second-order valence-corrected chi connectivity index (χ2v) is 6.29. The lowest BCUT2D eigenvalue weighted by molar-refractivity contribution is 0.519. The topological polar surface area (TPSA) is 12.0 Å². The van der Waals surface area contributed by atoms with Crippen molar-refractivity contribution < 1.29 is 0 Å². The van der Waals surface area contributed by atoms with Crippen LogP contribution >= 0.6 is 11.8 Å². The summed E-state index contributed by atoms with van der Waals surface area (Å²) in [5, 5.41) is 3.65. The molecular formula is C17H27NS. The molecule has 106 valence electrons. The third-order valence-electron chi connectivity index (χ3n) is 3.14. The van der Waals surface area contributed by atoms with Gasteiger partial charge in [-0.25, -0.2) is 0 Å². The fourth-order valence-corrected chi connectivity index (χ4v) is 3.06. The van der Waals surface area contributed by atoms with E-state index in [4.69, 9.17) is 0 Å². The van der Waals surface area contributed by atoms with E-state index in [0.717, 1.165) is 18.7 Å². The molecule has 0 fully saturated rings. The van der Waals surface area contributed by atoms with Crippen LogP contribution in [-0.4, -0.2) is 18.3 Å². The van der Waals surface area contributed by atoms with E-state index >= 15 is 0 Å². The van der Waals surface area contributed by atoms with Crippen LogP contribution in [-0.2, 0) is 0 Å². The van der Waals surface area contributed by atoms with Gasteiger partial charge in [-0.3, -0.25) is 0 Å². The van der Waals surface area contributed by atoms with E-state index in [1.807, 2.05) is 11.8 Å². The van der Waals surface area contributed by atoms with Gasteiger partial charge in [-0.15, -0.1) is 18.3 Å². The standard InChI is InChI=1S/C17H27NS/c1-5-12-18-16(11-10-14(2)3)13-19-17-9-7-6-8-15(17)4/h6-9,16,18H,2,5,10-13H2,1,3-4H3. The molecule has 0 aliphatic carbocycles. The Labute approximate surface area is 122 Å². The second-order valence-electron chi connectivity index (χ2n) is 5.22. The fraction of sp³-hybridized carbons (Fsp3) is 0.529. The number of aryl methyl sites for hydroxylation is 1. The van der Waals surface area contributed by atoms with Crippen molar-refractivity contribution in [2.75, 3.05) is 12.3 Å². The van der Waals surface area contributed by atoms with Crippen LogP contribution in [0.25, 0.3) is 0 Å². The summed E-state index contributed by atoms with van der Waals surface area (Å²) in [5.74, 6) is 1.14. The van der Waals surface area contributed by atoms with Crippen LogP contribution in [0.15, 0.2) is 41.3 Å². The fourth-order valence-electron chi connectivity index (χ4n) is 1.92. The first-order valence-corrected chi connectivity index (χ1v) is 8.18. The number of hydrogen-bond acceptors (Lipinski definition) is 2. The molecule has 0 saturated carbocycles. The molecule has 0 saturated heterocycles. The minimum absolute atomic E-state index is 0.584. The summed E-state index contributed by atoms with van der Waals surface area (Å²) in [5.41, 5.74) is 2.66. The zero-order chi connectivity index (χ0) is 14.1.